The number of hydrogen-bond acceptors (Lipinski definition) is 3. The van der Waals surface area contributed by atoms with Crippen LogP contribution >= 0.6 is 0 Å². The standard InChI is InChI=1S/C15H18N2O/c1-11(2)14-5-3-4-6-15(14)18-13-8-7-12(9-16)17-10-13/h3-8,10-11H,9,16H2,1-2H3. The van der Waals surface area contributed by atoms with Crippen molar-refractivity contribution in [1.29, 1.82) is 0 Å². The Morgan fingerprint density at radius 2 is 1.94 bits per heavy atom. The van der Waals surface area contributed by atoms with Gasteiger partial charge in [-0.25, -0.2) is 0 Å². The molecule has 0 atom stereocenters. The highest BCUT2D eigenvalue weighted by Gasteiger charge is 2.07. The molecule has 2 rings (SSSR count). The number of aromatic nitrogens is 1. The number of para-hydroxylation sites is 1. The fraction of sp³-hybridized carbons (Fsp3) is 0.267. The molecule has 3 nitrogen and oxygen atoms in total. The molecule has 2 aromatic rings. The van der Waals surface area contributed by atoms with Gasteiger partial charge < -0.3 is 10.5 Å². The predicted octanol–water partition coefficient (Wildman–Crippen LogP) is 3.46. The van der Waals surface area contributed by atoms with Crippen molar-refractivity contribution in [3.63, 3.8) is 0 Å². The topological polar surface area (TPSA) is 48.1 Å². The van der Waals surface area contributed by atoms with E-state index in [1.165, 1.54) is 5.56 Å². The number of pyridine rings is 1. The van der Waals surface area contributed by atoms with Gasteiger partial charge >= 0.3 is 0 Å². The van der Waals surface area contributed by atoms with Crippen molar-refractivity contribution >= 4 is 0 Å². The van der Waals surface area contributed by atoms with E-state index in [0.29, 0.717) is 12.5 Å². The van der Waals surface area contributed by atoms with Gasteiger partial charge in [0.05, 0.1) is 11.9 Å². The minimum Gasteiger partial charge on any atom is -0.455 e. The molecule has 0 fully saturated rings. The van der Waals surface area contributed by atoms with Crippen molar-refractivity contribution in [2.24, 2.45) is 5.73 Å². The summed E-state index contributed by atoms with van der Waals surface area (Å²) in [6.45, 7) is 4.75. The fourth-order valence-electron chi connectivity index (χ4n) is 1.77. The van der Waals surface area contributed by atoms with Gasteiger partial charge in [0.2, 0.25) is 0 Å². The zero-order chi connectivity index (χ0) is 13.0. The van der Waals surface area contributed by atoms with E-state index in [9.17, 15) is 0 Å². The zero-order valence-corrected chi connectivity index (χ0v) is 10.8. The summed E-state index contributed by atoms with van der Waals surface area (Å²) in [6, 6.07) is 11.8. The average molecular weight is 242 g/mol. The summed E-state index contributed by atoms with van der Waals surface area (Å²) in [7, 11) is 0. The number of ether oxygens (including phenoxy) is 1. The van der Waals surface area contributed by atoms with Crippen LogP contribution in [0.2, 0.25) is 0 Å². The van der Waals surface area contributed by atoms with E-state index >= 15 is 0 Å². The molecule has 94 valence electrons. The molecule has 0 spiro atoms. The zero-order valence-electron chi connectivity index (χ0n) is 10.8. The first-order valence-electron chi connectivity index (χ1n) is 6.12. The maximum atomic E-state index is 5.87. The lowest BCUT2D eigenvalue weighted by Gasteiger charge is -2.13. The lowest BCUT2D eigenvalue weighted by Crippen LogP contribution is -1.99. The van der Waals surface area contributed by atoms with Crippen molar-refractivity contribution in [3.05, 3.63) is 53.9 Å². The lowest BCUT2D eigenvalue weighted by atomic mass is 10.0. The second kappa shape index (κ2) is 5.65. The first-order valence-corrected chi connectivity index (χ1v) is 6.12. The molecule has 0 saturated carbocycles. The summed E-state index contributed by atoms with van der Waals surface area (Å²) in [5.74, 6) is 2.05. The van der Waals surface area contributed by atoms with Crippen LogP contribution < -0.4 is 10.5 Å². The Labute approximate surface area is 108 Å². The number of hydrogen-bond donors (Lipinski definition) is 1. The van der Waals surface area contributed by atoms with Crippen LogP contribution in [0.5, 0.6) is 11.5 Å². The maximum Gasteiger partial charge on any atom is 0.145 e. The van der Waals surface area contributed by atoms with Crippen LogP contribution in [0.4, 0.5) is 0 Å². The molecule has 0 bridgehead atoms. The van der Waals surface area contributed by atoms with Crippen molar-refractivity contribution < 1.29 is 4.74 Å². The van der Waals surface area contributed by atoms with Gasteiger partial charge in [-0.1, -0.05) is 32.0 Å². The molecule has 18 heavy (non-hydrogen) atoms. The summed E-state index contributed by atoms with van der Waals surface area (Å²) in [4.78, 5) is 4.22. The van der Waals surface area contributed by atoms with Crippen LogP contribution in [0.25, 0.3) is 0 Å². The van der Waals surface area contributed by atoms with E-state index in [4.69, 9.17) is 10.5 Å². The summed E-state index contributed by atoms with van der Waals surface area (Å²) >= 11 is 0. The highest BCUT2D eigenvalue weighted by atomic mass is 16.5. The summed E-state index contributed by atoms with van der Waals surface area (Å²) in [5.41, 5.74) is 7.57. The lowest BCUT2D eigenvalue weighted by molar-refractivity contribution is 0.470. The van der Waals surface area contributed by atoms with Gasteiger partial charge in [-0.2, -0.15) is 0 Å². The van der Waals surface area contributed by atoms with Crippen molar-refractivity contribution in [2.45, 2.75) is 26.3 Å². The van der Waals surface area contributed by atoms with Gasteiger partial charge in [-0.05, 0) is 29.7 Å². The van der Waals surface area contributed by atoms with Crippen LogP contribution in [-0.2, 0) is 6.54 Å². The average Bonchev–Trinajstić information content (AvgIpc) is 2.40. The number of benzene rings is 1. The van der Waals surface area contributed by atoms with Gasteiger partial charge in [-0.3, -0.25) is 4.98 Å². The number of nitrogens with zero attached hydrogens (tertiary/aromatic N) is 1. The van der Waals surface area contributed by atoms with Crippen molar-refractivity contribution in [3.8, 4) is 11.5 Å². The third-order valence-electron chi connectivity index (χ3n) is 2.78. The molecule has 0 aliphatic carbocycles. The summed E-state index contributed by atoms with van der Waals surface area (Å²) in [5, 5.41) is 0. The summed E-state index contributed by atoms with van der Waals surface area (Å²) in [6.07, 6.45) is 1.71. The largest absolute Gasteiger partial charge is 0.455 e. The summed E-state index contributed by atoms with van der Waals surface area (Å²) < 4.78 is 5.87. The molecule has 1 aromatic carbocycles. The van der Waals surface area contributed by atoms with E-state index in [-0.39, 0.29) is 0 Å². The second-order valence-corrected chi connectivity index (χ2v) is 4.48. The van der Waals surface area contributed by atoms with Crippen LogP contribution in [-0.4, -0.2) is 4.98 Å². The van der Waals surface area contributed by atoms with Gasteiger partial charge in [0.15, 0.2) is 0 Å². The van der Waals surface area contributed by atoms with Crippen molar-refractivity contribution in [2.75, 3.05) is 0 Å². The van der Waals surface area contributed by atoms with E-state index < -0.39 is 0 Å². The molecule has 0 saturated heterocycles. The van der Waals surface area contributed by atoms with E-state index in [2.05, 4.69) is 24.9 Å². The highest BCUT2D eigenvalue weighted by molar-refractivity contribution is 5.39. The van der Waals surface area contributed by atoms with Crippen LogP contribution in [0, 0.1) is 0 Å². The Kier molecular flexibility index (Phi) is 3.95. The third-order valence-corrected chi connectivity index (χ3v) is 2.78. The normalized spacial score (nSPS) is 10.7. The molecule has 1 aromatic heterocycles. The SMILES string of the molecule is CC(C)c1ccccc1Oc1ccc(CN)nc1. The van der Waals surface area contributed by atoms with E-state index in [1.54, 1.807) is 6.20 Å². The Hall–Kier alpha value is -1.87. The van der Waals surface area contributed by atoms with Crippen molar-refractivity contribution in [1.82, 2.24) is 4.98 Å². The maximum absolute atomic E-state index is 5.87. The number of rotatable bonds is 4. The number of nitrogens with two attached hydrogens (primary N) is 1. The Balaban J connectivity index is 2.22. The molecule has 0 amide bonds. The first-order chi connectivity index (χ1) is 8.70. The van der Waals surface area contributed by atoms with Crippen LogP contribution in [0.1, 0.15) is 31.0 Å². The first kappa shape index (κ1) is 12.6. The van der Waals surface area contributed by atoms with Gasteiger partial charge in [0.25, 0.3) is 0 Å². The quantitative estimate of drug-likeness (QED) is 0.893. The molecule has 1 heterocycles. The third kappa shape index (κ3) is 2.87. The molecule has 0 radical (unpaired) electrons. The van der Waals surface area contributed by atoms with Crippen LogP contribution in [0.3, 0.4) is 0 Å². The van der Waals surface area contributed by atoms with E-state index in [1.807, 2.05) is 30.3 Å². The molecule has 0 aliphatic rings. The van der Waals surface area contributed by atoms with E-state index in [0.717, 1.165) is 17.2 Å². The smallest absolute Gasteiger partial charge is 0.145 e. The Morgan fingerprint density at radius 3 is 2.56 bits per heavy atom. The molecular formula is C15H18N2O. The van der Waals surface area contributed by atoms with Gasteiger partial charge in [0.1, 0.15) is 11.5 Å². The minimum absolute atomic E-state index is 0.428. The highest BCUT2D eigenvalue weighted by Crippen LogP contribution is 2.29. The van der Waals surface area contributed by atoms with Gasteiger partial charge in [-0.15, -0.1) is 0 Å². The molecule has 0 unspecified atom stereocenters. The molecular weight excluding hydrogens is 224 g/mol. The van der Waals surface area contributed by atoms with Crippen LogP contribution in [0.15, 0.2) is 42.6 Å². The monoisotopic (exact) mass is 242 g/mol. The predicted molar refractivity (Wildman–Crippen MR) is 72.7 cm³/mol. The Bertz CT molecular complexity index is 506. The second-order valence-electron chi connectivity index (χ2n) is 4.48. The molecule has 2 N–H and O–H groups in total. The molecule has 0 aliphatic heterocycles. The fourth-order valence-corrected chi connectivity index (χ4v) is 1.77. The van der Waals surface area contributed by atoms with Gasteiger partial charge in [0, 0.05) is 6.54 Å². The molecule has 3 heteroatoms. The minimum atomic E-state index is 0.428. The Morgan fingerprint density at radius 1 is 1.17 bits per heavy atom.